The summed E-state index contributed by atoms with van der Waals surface area (Å²) in [5.74, 6) is 0.00833. The number of sulfonamides is 1. The van der Waals surface area contributed by atoms with Crippen LogP contribution in [0.4, 0.5) is 0 Å². The van der Waals surface area contributed by atoms with Crippen LogP contribution in [0.5, 0.6) is 5.75 Å². The monoisotopic (exact) mass is 604 g/mol. The molecule has 0 saturated carbocycles. The van der Waals surface area contributed by atoms with Gasteiger partial charge in [-0.2, -0.15) is 0 Å². The molecule has 5 N–H and O–H groups in total. The Morgan fingerprint density at radius 2 is 1.77 bits per heavy atom. The van der Waals surface area contributed by atoms with Gasteiger partial charge in [0.1, 0.15) is 5.75 Å². The zero-order chi connectivity index (χ0) is 30.6. The second-order valence-electron chi connectivity index (χ2n) is 11.5. The van der Waals surface area contributed by atoms with E-state index in [0.717, 1.165) is 33.2 Å². The first-order chi connectivity index (χ1) is 20.6. The molecule has 4 aromatic rings. The van der Waals surface area contributed by atoms with Crippen molar-refractivity contribution in [3.05, 3.63) is 89.6 Å². The fourth-order valence-corrected chi connectivity index (χ4v) is 7.59. The number of aliphatic hydroxyl groups is 1. The summed E-state index contributed by atoms with van der Waals surface area (Å²) in [6.07, 6.45) is 3.31. The van der Waals surface area contributed by atoms with Crippen molar-refractivity contribution < 1.29 is 23.4 Å². The number of carbonyl (C=O) groups is 1. The summed E-state index contributed by atoms with van der Waals surface area (Å²) >= 11 is 0. The number of hydrogen-bond donors (Lipinski definition) is 4. The maximum Gasteiger partial charge on any atom is 0.221 e. The van der Waals surface area contributed by atoms with Crippen molar-refractivity contribution in [2.24, 2.45) is 5.73 Å². The Morgan fingerprint density at radius 1 is 1.07 bits per heavy atom. The lowest BCUT2D eigenvalue weighted by Crippen LogP contribution is -2.39. The Kier molecular flexibility index (Phi) is 9.51. The normalized spacial score (nSPS) is 15.7. The van der Waals surface area contributed by atoms with Gasteiger partial charge in [0, 0.05) is 36.7 Å². The minimum absolute atomic E-state index is 0.0569. The minimum atomic E-state index is -3.40. The van der Waals surface area contributed by atoms with E-state index in [9.17, 15) is 23.4 Å². The van der Waals surface area contributed by atoms with E-state index in [1.54, 1.807) is 16.4 Å². The van der Waals surface area contributed by atoms with Crippen LogP contribution in [0, 0.1) is 0 Å². The van der Waals surface area contributed by atoms with Gasteiger partial charge in [0.15, 0.2) is 0 Å². The smallest absolute Gasteiger partial charge is 0.221 e. The van der Waals surface area contributed by atoms with Crippen molar-refractivity contribution >= 4 is 26.8 Å². The average molecular weight is 605 g/mol. The van der Waals surface area contributed by atoms with Crippen LogP contribution in [0.25, 0.3) is 22.0 Å². The lowest BCUT2D eigenvalue weighted by atomic mass is 9.88. The van der Waals surface area contributed by atoms with Gasteiger partial charge >= 0.3 is 0 Å². The molecular formula is C33H40N4O5S. The van der Waals surface area contributed by atoms with Gasteiger partial charge in [0.2, 0.25) is 15.9 Å². The lowest BCUT2D eigenvalue weighted by molar-refractivity contribution is -0.117. The second-order valence-corrected chi connectivity index (χ2v) is 13.6. The second kappa shape index (κ2) is 13.3. The highest BCUT2D eigenvalue weighted by Crippen LogP contribution is 2.37. The molecule has 0 bridgehead atoms. The van der Waals surface area contributed by atoms with Crippen LogP contribution in [-0.2, 0) is 21.2 Å². The molecule has 3 aromatic carbocycles. The van der Waals surface area contributed by atoms with Gasteiger partial charge < -0.3 is 25.8 Å². The number of primary amides is 1. The molecule has 5 rings (SSSR count). The number of phenolic OH excluding ortho intramolecular Hbond substituents is 1. The summed E-state index contributed by atoms with van der Waals surface area (Å²) in [5.41, 5.74) is 11.3. The maximum absolute atomic E-state index is 13.2. The summed E-state index contributed by atoms with van der Waals surface area (Å²) in [4.78, 5) is 17.1. The first-order valence-corrected chi connectivity index (χ1v) is 16.3. The zero-order valence-corrected chi connectivity index (χ0v) is 25.3. The van der Waals surface area contributed by atoms with E-state index in [1.807, 2.05) is 54.5 Å². The van der Waals surface area contributed by atoms with E-state index >= 15 is 0 Å². The van der Waals surface area contributed by atoms with Crippen molar-refractivity contribution in [3.8, 4) is 16.9 Å². The quantitative estimate of drug-likeness (QED) is 0.192. The number of aromatic nitrogens is 1. The minimum Gasteiger partial charge on any atom is -0.508 e. The average Bonchev–Trinajstić information content (AvgIpc) is 3.42. The van der Waals surface area contributed by atoms with Crippen LogP contribution in [-0.4, -0.2) is 77.7 Å². The molecule has 1 aromatic heterocycles. The van der Waals surface area contributed by atoms with Crippen LogP contribution in [0.15, 0.2) is 72.9 Å². The van der Waals surface area contributed by atoms with E-state index in [-0.39, 0.29) is 29.7 Å². The SMILES string of the molecule is CN(CCCS(=O)(=O)N1CCC(c2c[nH]c3c(CC(N)=O)cc(-c4ccccc4)cc23)CC1)CC(O)c1ccc(O)cc1. The van der Waals surface area contributed by atoms with Gasteiger partial charge in [-0.3, -0.25) is 4.79 Å². The highest BCUT2D eigenvalue weighted by atomic mass is 32.2. The molecule has 228 valence electrons. The number of aromatic amines is 1. The van der Waals surface area contributed by atoms with Gasteiger partial charge in [0.05, 0.1) is 18.3 Å². The third kappa shape index (κ3) is 7.45. The fourth-order valence-electron chi connectivity index (χ4n) is 6.07. The molecule has 1 unspecified atom stereocenters. The maximum atomic E-state index is 13.2. The highest BCUT2D eigenvalue weighted by molar-refractivity contribution is 7.89. The van der Waals surface area contributed by atoms with Gasteiger partial charge in [-0.1, -0.05) is 42.5 Å². The standard InChI is InChI=1S/C33H40N4O5S/c1-36(22-31(39)25-8-10-28(38)11-9-25)14-5-17-43(41,42)37-15-12-24(13-16-37)30-21-35-33-27(20-32(34)40)18-26(19-29(30)33)23-6-3-2-4-7-23/h2-4,6-11,18-19,21,24,31,35,38-39H,5,12-17,20,22H2,1H3,(H2,34,40). The number of benzene rings is 3. The summed E-state index contributed by atoms with van der Waals surface area (Å²) in [6.45, 7) is 1.83. The predicted octanol–water partition coefficient (Wildman–Crippen LogP) is 4.13. The molecule has 0 radical (unpaired) electrons. The van der Waals surface area contributed by atoms with E-state index < -0.39 is 16.1 Å². The van der Waals surface area contributed by atoms with Crippen molar-refractivity contribution in [2.45, 2.75) is 37.7 Å². The van der Waals surface area contributed by atoms with E-state index in [1.165, 1.54) is 12.1 Å². The summed E-state index contributed by atoms with van der Waals surface area (Å²) in [6, 6.07) is 20.6. The number of nitrogens with one attached hydrogen (secondary N) is 1. The molecule has 1 aliphatic heterocycles. The topological polar surface area (TPSA) is 140 Å². The van der Waals surface area contributed by atoms with E-state index in [0.29, 0.717) is 51.0 Å². The number of H-pyrrole nitrogens is 1. The van der Waals surface area contributed by atoms with Crippen molar-refractivity contribution in [3.63, 3.8) is 0 Å². The Hall–Kier alpha value is -3.70. The van der Waals surface area contributed by atoms with Gasteiger partial charge in [-0.05, 0) is 90.9 Å². The van der Waals surface area contributed by atoms with Crippen LogP contribution in [0.3, 0.4) is 0 Å². The molecule has 43 heavy (non-hydrogen) atoms. The van der Waals surface area contributed by atoms with Crippen molar-refractivity contribution in [1.29, 1.82) is 0 Å². The number of fused-ring (bicyclic) bond motifs is 1. The lowest BCUT2D eigenvalue weighted by Gasteiger charge is -2.31. The Labute approximate surface area is 253 Å². The molecule has 0 aliphatic carbocycles. The largest absolute Gasteiger partial charge is 0.508 e. The van der Waals surface area contributed by atoms with Crippen LogP contribution in [0.1, 0.15) is 48.0 Å². The van der Waals surface area contributed by atoms with Crippen LogP contribution >= 0.6 is 0 Å². The molecule has 1 amide bonds. The van der Waals surface area contributed by atoms with Gasteiger partial charge in [-0.25, -0.2) is 12.7 Å². The number of aromatic hydroxyl groups is 1. The number of phenols is 1. The molecular weight excluding hydrogens is 564 g/mol. The number of carbonyl (C=O) groups excluding carboxylic acids is 1. The van der Waals surface area contributed by atoms with Crippen LogP contribution < -0.4 is 5.73 Å². The molecule has 1 atom stereocenters. The summed E-state index contributed by atoms with van der Waals surface area (Å²) in [5, 5.41) is 21.0. The van der Waals surface area contributed by atoms with Crippen LogP contribution in [0.2, 0.25) is 0 Å². The van der Waals surface area contributed by atoms with E-state index in [4.69, 9.17) is 5.73 Å². The molecule has 1 aliphatic rings. The highest BCUT2D eigenvalue weighted by Gasteiger charge is 2.30. The van der Waals surface area contributed by atoms with Crippen molar-refractivity contribution in [2.75, 3.05) is 39.0 Å². The predicted molar refractivity (Wildman–Crippen MR) is 169 cm³/mol. The third-order valence-corrected chi connectivity index (χ3v) is 10.3. The number of likely N-dealkylation sites (N-methyl/N-ethyl adjacent to an activating group) is 1. The number of aliphatic hydroxyl groups excluding tert-OH is 1. The first kappa shape index (κ1) is 30.7. The van der Waals surface area contributed by atoms with Gasteiger partial charge in [0.25, 0.3) is 0 Å². The molecule has 1 saturated heterocycles. The number of piperidine rings is 1. The fraction of sp³-hybridized carbons (Fsp3) is 0.364. The Balaban J connectivity index is 1.20. The number of hydrogen-bond acceptors (Lipinski definition) is 6. The Bertz CT molecular complexity index is 1650. The Morgan fingerprint density at radius 3 is 2.44 bits per heavy atom. The number of rotatable bonds is 12. The number of amides is 1. The summed E-state index contributed by atoms with van der Waals surface area (Å²) in [7, 11) is -1.54. The van der Waals surface area contributed by atoms with Gasteiger partial charge in [-0.15, -0.1) is 0 Å². The molecule has 2 heterocycles. The first-order valence-electron chi connectivity index (χ1n) is 14.7. The zero-order valence-electron chi connectivity index (χ0n) is 24.4. The third-order valence-electron chi connectivity index (χ3n) is 8.37. The number of nitrogens with two attached hydrogens (primary N) is 1. The molecule has 1 fully saturated rings. The number of nitrogens with zero attached hydrogens (tertiary/aromatic N) is 2. The molecule has 0 spiro atoms. The molecule has 10 heteroatoms. The van der Waals surface area contributed by atoms with Crippen molar-refractivity contribution in [1.82, 2.24) is 14.2 Å². The summed E-state index contributed by atoms with van der Waals surface area (Å²) < 4.78 is 28.0. The molecule has 9 nitrogen and oxygen atoms in total. The van der Waals surface area contributed by atoms with E-state index in [2.05, 4.69) is 11.1 Å².